The molecule has 0 aliphatic heterocycles. The molecule has 0 aromatic heterocycles. The molecule has 17 heavy (non-hydrogen) atoms. The second kappa shape index (κ2) is 8.79. The molecule has 98 valence electrons. The Kier molecular flexibility index (Phi) is 8.11. The van der Waals surface area contributed by atoms with Crippen LogP contribution in [-0.4, -0.2) is 18.0 Å². The smallest absolute Gasteiger partial charge is 0.307 e. The summed E-state index contributed by atoms with van der Waals surface area (Å²) < 4.78 is 9.33. The van der Waals surface area contributed by atoms with Gasteiger partial charge in [0.2, 0.25) is 0 Å². The van der Waals surface area contributed by atoms with Crippen molar-refractivity contribution in [3.8, 4) is 0 Å². The van der Waals surface area contributed by atoms with E-state index in [1.165, 1.54) is 33.1 Å². The Morgan fingerprint density at radius 1 is 1.18 bits per heavy atom. The van der Waals surface area contributed by atoms with Gasteiger partial charge in [-0.25, -0.2) is 0 Å². The van der Waals surface area contributed by atoms with Gasteiger partial charge in [0.1, 0.15) is 6.10 Å². The van der Waals surface area contributed by atoms with Gasteiger partial charge in [-0.05, 0) is 25.2 Å². The summed E-state index contributed by atoms with van der Waals surface area (Å²) in [6.45, 7) is 8.13. The van der Waals surface area contributed by atoms with Crippen LogP contribution in [0.4, 0.5) is 0 Å². The summed E-state index contributed by atoms with van der Waals surface area (Å²) >= 11 is 0. The fourth-order valence-electron chi connectivity index (χ4n) is 1.79. The van der Waals surface area contributed by atoms with Crippen molar-refractivity contribution in [1.29, 1.82) is 0 Å². The molecule has 1 aliphatic rings. The van der Waals surface area contributed by atoms with E-state index in [0.717, 1.165) is 12.7 Å². The number of ether oxygens (including phenoxy) is 2. The molecule has 1 rings (SSSR count). The van der Waals surface area contributed by atoms with Gasteiger partial charge in [0.15, 0.2) is 0 Å². The number of carbonyl (C=O) groups is 2. The van der Waals surface area contributed by atoms with Gasteiger partial charge in [0, 0.05) is 13.8 Å². The highest BCUT2D eigenvalue weighted by Crippen LogP contribution is 2.26. The Balaban J connectivity index is 0.000000366. The summed E-state index contributed by atoms with van der Waals surface area (Å²) in [4.78, 5) is 20.4. The zero-order valence-corrected chi connectivity index (χ0v) is 10.9. The average Bonchev–Trinajstić information content (AvgIpc) is 2.21. The van der Waals surface area contributed by atoms with E-state index in [4.69, 9.17) is 4.74 Å². The van der Waals surface area contributed by atoms with Gasteiger partial charge < -0.3 is 9.47 Å². The molecule has 0 saturated heterocycles. The Morgan fingerprint density at radius 2 is 1.76 bits per heavy atom. The van der Waals surface area contributed by atoms with Crippen molar-refractivity contribution in [3.05, 3.63) is 12.8 Å². The summed E-state index contributed by atoms with van der Waals surface area (Å²) in [5, 5.41) is 0. The van der Waals surface area contributed by atoms with E-state index >= 15 is 0 Å². The molecule has 0 heterocycles. The van der Waals surface area contributed by atoms with E-state index in [0.29, 0.717) is 5.92 Å². The number of hydrogen-bond acceptors (Lipinski definition) is 4. The standard InChI is InChI=1S/C9H16O2.C4H6O2/c1-7-5-3-4-6-9(7)11-8(2)10;1-3-6-4(2)5/h7,9H,3-6H2,1-2H3;3H,1H2,2H3/t7-,9+;/m0./s1. The van der Waals surface area contributed by atoms with Crippen LogP contribution in [0.2, 0.25) is 0 Å². The van der Waals surface area contributed by atoms with Gasteiger partial charge in [-0.3, -0.25) is 9.59 Å². The maximum Gasteiger partial charge on any atom is 0.307 e. The zero-order valence-electron chi connectivity index (χ0n) is 10.9. The van der Waals surface area contributed by atoms with Crippen LogP contribution in [0, 0.1) is 5.92 Å². The molecule has 1 fully saturated rings. The SMILES string of the molecule is C=COC(C)=O.CC(=O)O[C@@H]1CCCC[C@@H]1C. The van der Waals surface area contributed by atoms with Crippen LogP contribution < -0.4 is 0 Å². The summed E-state index contributed by atoms with van der Waals surface area (Å²) in [6, 6.07) is 0. The Bertz CT molecular complexity index is 260. The monoisotopic (exact) mass is 242 g/mol. The van der Waals surface area contributed by atoms with Crippen LogP contribution in [0.1, 0.15) is 46.5 Å². The Hall–Kier alpha value is -1.32. The van der Waals surface area contributed by atoms with Crippen molar-refractivity contribution in [1.82, 2.24) is 0 Å². The molecule has 0 radical (unpaired) electrons. The molecule has 0 N–H and O–H groups in total. The predicted molar refractivity (Wildman–Crippen MR) is 65.1 cm³/mol. The third kappa shape index (κ3) is 8.48. The maximum atomic E-state index is 10.6. The summed E-state index contributed by atoms with van der Waals surface area (Å²) in [6.07, 6.45) is 6.06. The van der Waals surface area contributed by atoms with Crippen molar-refractivity contribution >= 4 is 11.9 Å². The summed E-state index contributed by atoms with van der Waals surface area (Å²) in [5.74, 6) is 0.0985. The first-order valence-corrected chi connectivity index (χ1v) is 5.92. The molecule has 1 aliphatic carbocycles. The second-order valence-electron chi connectivity index (χ2n) is 4.19. The quantitative estimate of drug-likeness (QED) is 0.552. The fraction of sp³-hybridized carbons (Fsp3) is 0.692. The van der Waals surface area contributed by atoms with Crippen LogP contribution >= 0.6 is 0 Å². The molecule has 0 aromatic carbocycles. The summed E-state index contributed by atoms with van der Waals surface area (Å²) in [7, 11) is 0. The Labute approximate surface area is 103 Å². The summed E-state index contributed by atoms with van der Waals surface area (Å²) in [5.41, 5.74) is 0. The van der Waals surface area contributed by atoms with Gasteiger partial charge in [-0.15, -0.1) is 0 Å². The van der Waals surface area contributed by atoms with E-state index in [9.17, 15) is 9.59 Å². The highest BCUT2D eigenvalue weighted by Gasteiger charge is 2.23. The molecule has 0 bridgehead atoms. The Morgan fingerprint density at radius 3 is 2.12 bits per heavy atom. The molecule has 0 aromatic rings. The third-order valence-corrected chi connectivity index (χ3v) is 2.60. The second-order valence-corrected chi connectivity index (χ2v) is 4.19. The topological polar surface area (TPSA) is 52.6 Å². The van der Waals surface area contributed by atoms with Crippen LogP contribution in [0.25, 0.3) is 0 Å². The van der Waals surface area contributed by atoms with E-state index in [1.54, 1.807) is 0 Å². The van der Waals surface area contributed by atoms with Crippen molar-refractivity contribution < 1.29 is 19.1 Å². The van der Waals surface area contributed by atoms with E-state index in [1.807, 2.05) is 0 Å². The largest absolute Gasteiger partial charge is 0.462 e. The normalized spacial score (nSPS) is 22.8. The number of rotatable bonds is 2. The van der Waals surface area contributed by atoms with Crippen LogP contribution in [0.3, 0.4) is 0 Å². The van der Waals surface area contributed by atoms with Gasteiger partial charge >= 0.3 is 11.9 Å². The minimum Gasteiger partial charge on any atom is -0.462 e. The molecular weight excluding hydrogens is 220 g/mol. The molecule has 4 nitrogen and oxygen atoms in total. The highest BCUT2D eigenvalue weighted by atomic mass is 16.5. The van der Waals surface area contributed by atoms with Gasteiger partial charge in [-0.2, -0.15) is 0 Å². The molecule has 2 atom stereocenters. The van der Waals surface area contributed by atoms with Crippen LogP contribution in [-0.2, 0) is 19.1 Å². The van der Waals surface area contributed by atoms with Gasteiger partial charge in [-0.1, -0.05) is 19.9 Å². The zero-order chi connectivity index (χ0) is 13.3. The minimum atomic E-state index is -0.329. The van der Waals surface area contributed by atoms with Crippen LogP contribution in [0.5, 0.6) is 0 Å². The lowest BCUT2D eigenvalue weighted by Gasteiger charge is -2.27. The average molecular weight is 242 g/mol. The van der Waals surface area contributed by atoms with E-state index < -0.39 is 0 Å². The lowest BCUT2D eigenvalue weighted by molar-refractivity contribution is -0.150. The predicted octanol–water partition coefficient (Wildman–Crippen LogP) is 2.82. The van der Waals surface area contributed by atoms with Crippen molar-refractivity contribution in [3.63, 3.8) is 0 Å². The lowest BCUT2D eigenvalue weighted by Crippen LogP contribution is -2.27. The van der Waals surface area contributed by atoms with Gasteiger partial charge in [0.05, 0.1) is 6.26 Å². The molecule has 0 spiro atoms. The number of carbonyl (C=O) groups excluding carboxylic acids is 2. The highest BCUT2D eigenvalue weighted by molar-refractivity contribution is 5.66. The molecule has 1 saturated carbocycles. The third-order valence-electron chi connectivity index (χ3n) is 2.60. The molecule has 0 unspecified atom stereocenters. The first-order chi connectivity index (χ1) is 7.97. The van der Waals surface area contributed by atoms with Crippen LogP contribution in [0.15, 0.2) is 12.8 Å². The van der Waals surface area contributed by atoms with E-state index in [2.05, 4.69) is 18.2 Å². The van der Waals surface area contributed by atoms with Gasteiger partial charge in [0.25, 0.3) is 0 Å². The first kappa shape index (κ1) is 15.7. The fourth-order valence-corrected chi connectivity index (χ4v) is 1.79. The van der Waals surface area contributed by atoms with Crippen molar-refractivity contribution in [2.75, 3.05) is 0 Å². The minimum absolute atomic E-state index is 0.135. The number of hydrogen-bond donors (Lipinski definition) is 0. The van der Waals surface area contributed by atoms with Crippen molar-refractivity contribution in [2.24, 2.45) is 5.92 Å². The first-order valence-electron chi connectivity index (χ1n) is 5.92. The maximum absolute atomic E-state index is 10.6. The molecular formula is C13H22O4. The molecule has 4 heteroatoms. The van der Waals surface area contributed by atoms with E-state index in [-0.39, 0.29) is 18.0 Å². The lowest BCUT2D eigenvalue weighted by atomic mass is 9.88. The number of esters is 2. The van der Waals surface area contributed by atoms with Crippen molar-refractivity contribution in [2.45, 2.75) is 52.6 Å². The molecule has 0 amide bonds.